The molecular weight excluding hydrogens is 287 g/mol. The van der Waals surface area contributed by atoms with Gasteiger partial charge in [-0.15, -0.1) is 5.10 Å². The zero-order valence-corrected chi connectivity index (χ0v) is 11.4. The molecule has 0 aliphatic rings. The van der Waals surface area contributed by atoms with Gasteiger partial charge in [-0.25, -0.2) is 4.39 Å². The number of halogens is 1. The first kappa shape index (κ1) is 13.9. The maximum Gasteiger partial charge on any atom is 0.322 e. The number of pyridine rings is 1. The van der Waals surface area contributed by atoms with Crippen molar-refractivity contribution in [2.45, 2.75) is 6.42 Å². The molecule has 3 rings (SSSR count). The summed E-state index contributed by atoms with van der Waals surface area (Å²) >= 11 is 0. The predicted octanol–water partition coefficient (Wildman–Crippen LogP) is 2.45. The first-order valence-corrected chi connectivity index (χ1v) is 6.49. The third kappa shape index (κ3) is 3.32. The fourth-order valence-electron chi connectivity index (χ4n) is 1.82. The highest BCUT2D eigenvalue weighted by molar-refractivity contribution is 6.02. The highest BCUT2D eigenvalue weighted by Gasteiger charge is 2.12. The van der Waals surface area contributed by atoms with Crippen LogP contribution in [0.2, 0.25) is 0 Å². The van der Waals surface area contributed by atoms with Crippen LogP contribution in [-0.4, -0.2) is 21.1 Å². The number of rotatable bonds is 4. The number of anilines is 1. The highest BCUT2D eigenvalue weighted by Crippen LogP contribution is 2.12. The van der Waals surface area contributed by atoms with Crippen molar-refractivity contribution in [3.05, 3.63) is 71.6 Å². The van der Waals surface area contributed by atoms with Gasteiger partial charge in [0.05, 0.1) is 12.0 Å². The van der Waals surface area contributed by atoms with Crippen LogP contribution in [0.15, 0.2) is 53.2 Å². The topological polar surface area (TPSA) is 80.9 Å². The molecule has 0 unspecified atom stereocenters. The van der Waals surface area contributed by atoms with E-state index in [0.717, 1.165) is 5.56 Å². The maximum atomic E-state index is 12.8. The number of carbonyl (C=O) groups is 1. The number of nitrogens with one attached hydrogen (secondary N) is 1. The van der Waals surface area contributed by atoms with E-state index < -0.39 is 0 Å². The summed E-state index contributed by atoms with van der Waals surface area (Å²) in [6, 6.07) is 9.26. The summed E-state index contributed by atoms with van der Waals surface area (Å²) in [6.07, 6.45) is 3.37. The SMILES string of the molecule is O=C(Nc1nnc(Cc2ccc(F)cc2)o1)c1cccnc1. The summed E-state index contributed by atoms with van der Waals surface area (Å²) in [4.78, 5) is 15.8. The molecule has 7 heteroatoms. The van der Waals surface area contributed by atoms with Gasteiger partial charge in [-0.3, -0.25) is 15.1 Å². The van der Waals surface area contributed by atoms with Gasteiger partial charge >= 0.3 is 6.01 Å². The van der Waals surface area contributed by atoms with Gasteiger partial charge < -0.3 is 4.42 Å². The molecule has 3 aromatic rings. The minimum absolute atomic E-state index is 0.00552. The molecule has 22 heavy (non-hydrogen) atoms. The maximum absolute atomic E-state index is 12.8. The van der Waals surface area contributed by atoms with Crippen LogP contribution in [0.1, 0.15) is 21.8 Å². The molecule has 0 saturated carbocycles. The average Bonchev–Trinajstić information content (AvgIpc) is 2.97. The summed E-state index contributed by atoms with van der Waals surface area (Å²) in [5.41, 5.74) is 1.22. The Morgan fingerprint density at radius 3 is 2.73 bits per heavy atom. The van der Waals surface area contributed by atoms with Crippen molar-refractivity contribution < 1.29 is 13.6 Å². The predicted molar refractivity (Wildman–Crippen MR) is 75.7 cm³/mol. The molecule has 110 valence electrons. The average molecular weight is 298 g/mol. The third-order valence-corrected chi connectivity index (χ3v) is 2.88. The lowest BCUT2D eigenvalue weighted by molar-refractivity contribution is 0.102. The lowest BCUT2D eigenvalue weighted by Gasteiger charge is -1.99. The van der Waals surface area contributed by atoms with Crippen LogP contribution in [0.3, 0.4) is 0 Å². The first-order valence-electron chi connectivity index (χ1n) is 6.49. The van der Waals surface area contributed by atoms with E-state index in [1.165, 1.54) is 18.3 Å². The van der Waals surface area contributed by atoms with Gasteiger partial charge in [0.1, 0.15) is 5.82 Å². The summed E-state index contributed by atoms with van der Waals surface area (Å²) in [6.45, 7) is 0. The van der Waals surface area contributed by atoms with Crippen molar-refractivity contribution >= 4 is 11.9 Å². The van der Waals surface area contributed by atoms with Crippen molar-refractivity contribution in [3.8, 4) is 0 Å². The molecule has 0 atom stereocenters. The third-order valence-electron chi connectivity index (χ3n) is 2.88. The second-order valence-corrected chi connectivity index (χ2v) is 4.50. The van der Waals surface area contributed by atoms with E-state index in [9.17, 15) is 9.18 Å². The van der Waals surface area contributed by atoms with Crippen LogP contribution in [-0.2, 0) is 6.42 Å². The Kier molecular flexibility index (Phi) is 3.86. The molecule has 0 saturated heterocycles. The second kappa shape index (κ2) is 6.13. The molecule has 0 radical (unpaired) electrons. The van der Waals surface area contributed by atoms with Crippen LogP contribution < -0.4 is 5.32 Å². The van der Waals surface area contributed by atoms with Gasteiger partial charge in [0.25, 0.3) is 5.91 Å². The Balaban J connectivity index is 1.66. The van der Waals surface area contributed by atoms with Crippen molar-refractivity contribution in [3.63, 3.8) is 0 Å². The molecule has 0 bridgehead atoms. The zero-order valence-electron chi connectivity index (χ0n) is 11.4. The van der Waals surface area contributed by atoms with E-state index in [1.54, 1.807) is 30.5 Å². The summed E-state index contributed by atoms with van der Waals surface area (Å²) < 4.78 is 18.2. The molecular formula is C15H11FN4O2. The summed E-state index contributed by atoms with van der Waals surface area (Å²) in [5.74, 6) is -0.364. The molecule has 6 nitrogen and oxygen atoms in total. The van der Waals surface area contributed by atoms with Gasteiger partial charge in [-0.1, -0.05) is 17.2 Å². The molecule has 0 aliphatic carbocycles. The quantitative estimate of drug-likeness (QED) is 0.800. The Morgan fingerprint density at radius 1 is 1.18 bits per heavy atom. The minimum atomic E-state index is -0.384. The molecule has 2 heterocycles. The number of hydrogen-bond donors (Lipinski definition) is 1. The molecule has 0 fully saturated rings. The lowest BCUT2D eigenvalue weighted by atomic mass is 10.1. The van der Waals surface area contributed by atoms with E-state index in [0.29, 0.717) is 17.9 Å². The largest absolute Gasteiger partial charge is 0.407 e. The highest BCUT2D eigenvalue weighted by atomic mass is 19.1. The molecule has 1 amide bonds. The van der Waals surface area contributed by atoms with Crippen molar-refractivity contribution in [1.29, 1.82) is 0 Å². The van der Waals surface area contributed by atoms with Gasteiger partial charge in [-0.05, 0) is 29.8 Å². The van der Waals surface area contributed by atoms with E-state index in [2.05, 4.69) is 20.5 Å². The van der Waals surface area contributed by atoms with Crippen LogP contribution in [0.4, 0.5) is 10.4 Å². The number of carbonyl (C=O) groups excluding carboxylic acids is 1. The van der Waals surface area contributed by atoms with E-state index in [4.69, 9.17) is 4.42 Å². The Labute approximate surface area is 125 Å². The van der Waals surface area contributed by atoms with E-state index in [-0.39, 0.29) is 17.7 Å². The van der Waals surface area contributed by atoms with Gasteiger partial charge in [0, 0.05) is 12.4 Å². The van der Waals surface area contributed by atoms with Crippen molar-refractivity contribution in [2.24, 2.45) is 0 Å². The standard InChI is InChI=1S/C15H11FN4O2/c16-12-5-3-10(4-6-12)8-13-19-20-15(22-13)18-14(21)11-2-1-7-17-9-11/h1-7,9H,8H2,(H,18,20,21). The van der Waals surface area contributed by atoms with Gasteiger partial charge in [0.15, 0.2) is 0 Å². The summed E-state index contributed by atoms with van der Waals surface area (Å²) in [7, 11) is 0. The van der Waals surface area contributed by atoms with E-state index in [1.807, 2.05) is 0 Å². The second-order valence-electron chi connectivity index (χ2n) is 4.50. The normalized spacial score (nSPS) is 10.4. The van der Waals surface area contributed by atoms with E-state index >= 15 is 0 Å². The van der Waals surface area contributed by atoms with Crippen molar-refractivity contribution in [2.75, 3.05) is 5.32 Å². The molecule has 1 aromatic carbocycles. The Hall–Kier alpha value is -3.09. The first-order chi connectivity index (χ1) is 10.7. The molecule has 0 spiro atoms. The zero-order chi connectivity index (χ0) is 15.4. The van der Waals surface area contributed by atoms with Crippen molar-refractivity contribution in [1.82, 2.24) is 15.2 Å². The number of hydrogen-bond acceptors (Lipinski definition) is 5. The molecule has 0 aliphatic heterocycles. The Bertz CT molecular complexity index is 772. The smallest absolute Gasteiger partial charge is 0.322 e. The number of aromatic nitrogens is 3. The molecule has 1 N–H and O–H groups in total. The van der Waals surface area contributed by atoms with Crippen LogP contribution in [0.5, 0.6) is 0 Å². The van der Waals surface area contributed by atoms with Crippen LogP contribution in [0, 0.1) is 5.82 Å². The van der Waals surface area contributed by atoms with Gasteiger partial charge in [0.2, 0.25) is 5.89 Å². The fraction of sp³-hybridized carbons (Fsp3) is 0.0667. The Morgan fingerprint density at radius 2 is 2.00 bits per heavy atom. The number of nitrogens with zero attached hydrogens (tertiary/aromatic N) is 3. The lowest BCUT2D eigenvalue weighted by Crippen LogP contribution is -2.12. The van der Waals surface area contributed by atoms with Crippen LogP contribution in [0.25, 0.3) is 0 Å². The summed E-state index contributed by atoms with van der Waals surface area (Å²) in [5, 5.41) is 10.1. The number of amides is 1. The minimum Gasteiger partial charge on any atom is -0.407 e. The molecule has 2 aromatic heterocycles. The fourth-order valence-corrected chi connectivity index (χ4v) is 1.82. The number of benzene rings is 1. The van der Waals surface area contributed by atoms with Crippen LogP contribution >= 0.6 is 0 Å². The van der Waals surface area contributed by atoms with Gasteiger partial charge in [-0.2, -0.15) is 0 Å². The monoisotopic (exact) mass is 298 g/mol.